The van der Waals surface area contributed by atoms with Gasteiger partial charge in [-0.3, -0.25) is 0 Å². The standard InChI is InChI=1S/C22H26Br2N2/c1-25(13-5-11-23)21-9-10-22(26(2)14-6-12-24)20-16-18-8-4-3-7-17(18)15-19(20)21/h3-4,7-10,15-16H,5-6,11-14H2,1-2H3. The number of anilines is 2. The zero-order valence-electron chi connectivity index (χ0n) is 15.5. The molecule has 0 heterocycles. The number of hydrogen-bond donors (Lipinski definition) is 0. The summed E-state index contributed by atoms with van der Waals surface area (Å²) in [6.45, 7) is 2.10. The quantitative estimate of drug-likeness (QED) is 0.272. The molecular weight excluding hydrogens is 452 g/mol. The van der Waals surface area contributed by atoms with Gasteiger partial charge >= 0.3 is 0 Å². The van der Waals surface area contributed by atoms with Crippen LogP contribution < -0.4 is 9.80 Å². The van der Waals surface area contributed by atoms with Crippen molar-refractivity contribution in [2.45, 2.75) is 12.8 Å². The Hall–Kier alpha value is -1.26. The molecule has 26 heavy (non-hydrogen) atoms. The zero-order valence-corrected chi connectivity index (χ0v) is 18.7. The summed E-state index contributed by atoms with van der Waals surface area (Å²) in [6.07, 6.45) is 2.27. The lowest BCUT2D eigenvalue weighted by atomic mass is 10.00. The van der Waals surface area contributed by atoms with E-state index in [1.165, 1.54) is 32.9 Å². The monoisotopic (exact) mass is 476 g/mol. The molecule has 138 valence electrons. The van der Waals surface area contributed by atoms with Crippen LogP contribution in [0.2, 0.25) is 0 Å². The van der Waals surface area contributed by atoms with E-state index in [1.54, 1.807) is 0 Å². The summed E-state index contributed by atoms with van der Waals surface area (Å²) in [6, 6.07) is 17.9. The first-order chi connectivity index (χ1) is 12.7. The number of nitrogens with zero attached hydrogens (tertiary/aromatic N) is 2. The maximum absolute atomic E-state index is 3.55. The van der Waals surface area contributed by atoms with Gasteiger partial charge in [0.1, 0.15) is 0 Å². The van der Waals surface area contributed by atoms with E-state index < -0.39 is 0 Å². The Morgan fingerprint density at radius 3 is 1.50 bits per heavy atom. The first-order valence-corrected chi connectivity index (χ1v) is 11.4. The number of halogens is 2. The minimum atomic E-state index is 1.03. The molecule has 0 aromatic heterocycles. The predicted molar refractivity (Wildman–Crippen MR) is 125 cm³/mol. The smallest absolute Gasteiger partial charge is 0.0445 e. The average molecular weight is 478 g/mol. The third kappa shape index (κ3) is 4.17. The van der Waals surface area contributed by atoms with Crippen LogP contribution in [0.15, 0.2) is 48.5 Å². The van der Waals surface area contributed by atoms with Gasteiger partial charge < -0.3 is 9.80 Å². The van der Waals surface area contributed by atoms with E-state index in [0.29, 0.717) is 0 Å². The summed E-state index contributed by atoms with van der Waals surface area (Å²) in [5.41, 5.74) is 2.62. The Bertz CT molecular complexity index is 807. The van der Waals surface area contributed by atoms with Crippen LogP contribution in [-0.2, 0) is 0 Å². The van der Waals surface area contributed by atoms with Gasteiger partial charge in [0.2, 0.25) is 0 Å². The topological polar surface area (TPSA) is 6.48 Å². The molecule has 0 saturated heterocycles. The number of alkyl halides is 2. The van der Waals surface area contributed by atoms with Crippen molar-refractivity contribution in [3.05, 3.63) is 48.5 Å². The van der Waals surface area contributed by atoms with Crippen LogP contribution in [0.1, 0.15) is 12.8 Å². The minimum Gasteiger partial charge on any atom is -0.374 e. The third-order valence-corrected chi connectivity index (χ3v) is 6.04. The highest BCUT2D eigenvalue weighted by Crippen LogP contribution is 2.36. The molecule has 0 saturated carbocycles. The molecule has 0 unspecified atom stereocenters. The molecule has 0 aliphatic carbocycles. The molecule has 3 rings (SSSR count). The van der Waals surface area contributed by atoms with Gasteiger partial charge in [-0.15, -0.1) is 0 Å². The number of rotatable bonds is 8. The molecule has 0 radical (unpaired) electrons. The van der Waals surface area contributed by atoms with E-state index in [-0.39, 0.29) is 0 Å². The molecule has 0 atom stereocenters. The second-order valence-electron chi connectivity index (χ2n) is 6.78. The summed E-state index contributed by atoms with van der Waals surface area (Å²) in [4.78, 5) is 4.75. The Morgan fingerprint density at radius 2 is 1.12 bits per heavy atom. The van der Waals surface area contributed by atoms with Crippen LogP contribution in [0.5, 0.6) is 0 Å². The summed E-state index contributed by atoms with van der Waals surface area (Å²) in [5, 5.41) is 7.34. The van der Waals surface area contributed by atoms with E-state index in [4.69, 9.17) is 0 Å². The van der Waals surface area contributed by atoms with Crippen LogP contribution in [-0.4, -0.2) is 37.8 Å². The predicted octanol–water partition coefficient (Wildman–Crippen LogP) is 6.44. The molecule has 3 aromatic rings. The first kappa shape index (κ1) is 19.5. The average Bonchev–Trinajstić information content (AvgIpc) is 2.67. The van der Waals surface area contributed by atoms with Crippen molar-refractivity contribution in [3.63, 3.8) is 0 Å². The van der Waals surface area contributed by atoms with E-state index in [2.05, 4.69) is 104 Å². The molecule has 0 amide bonds. The molecule has 0 bridgehead atoms. The fourth-order valence-corrected chi connectivity index (χ4v) is 4.00. The van der Waals surface area contributed by atoms with Gasteiger partial charge in [-0.25, -0.2) is 0 Å². The van der Waals surface area contributed by atoms with E-state index in [0.717, 1.165) is 36.6 Å². The van der Waals surface area contributed by atoms with Crippen molar-refractivity contribution in [2.75, 3.05) is 47.6 Å². The lowest BCUT2D eigenvalue weighted by molar-refractivity contribution is 0.861. The Morgan fingerprint density at radius 1 is 0.692 bits per heavy atom. The van der Waals surface area contributed by atoms with Crippen LogP contribution in [0, 0.1) is 0 Å². The maximum atomic E-state index is 3.55. The second-order valence-corrected chi connectivity index (χ2v) is 8.36. The number of benzene rings is 3. The Balaban J connectivity index is 2.16. The van der Waals surface area contributed by atoms with Crippen molar-refractivity contribution in [1.29, 1.82) is 0 Å². The van der Waals surface area contributed by atoms with Crippen LogP contribution in [0.3, 0.4) is 0 Å². The summed E-state index contributed by atoms with van der Waals surface area (Å²) < 4.78 is 0. The van der Waals surface area contributed by atoms with E-state index in [9.17, 15) is 0 Å². The maximum Gasteiger partial charge on any atom is 0.0445 e. The van der Waals surface area contributed by atoms with Crippen molar-refractivity contribution in [1.82, 2.24) is 0 Å². The fourth-order valence-electron chi connectivity index (χ4n) is 3.50. The van der Waals surface area contributed by atoms with E-state index >= 15 is 0 Å². The Kier molecular flexibility index (Phi) is 6.82. The highest BCUT2D eigenvalue weighted by atomic mass is 79.9. The van der Waals surface area contributed by atoms with Crippen molar-refractivity contribution in [2.24, 2.45) is 0 Å². The summed E-state index contributed by atoms with van der Waals surface area (Å²) in [7, 11) is 4.39. The molecule has 0 N–H and O–H groups in total. The molecular formula is C22H26Br2N2. The van der Waals surface area contributed by atoms with Crippen LogP contribution in [0.25, 0.3) is 21.5 Å². The van der Waals surface area contributed by atoms with Gasteiger partial charge in [-0.1, -0.05) is 56.1 Å². The molecule has 0 aliphatic rings. The SMILES string of the molecule is CN(CCCBr)c1ccc(N(C)CCCBr)c2cc3ccccc3cc12. The minimum absolute atomic E-state index is 1.03. The summed E-state index contributed by atoms with van der Waals surface area (Å²) >= 11 is 7.10. The van der Waals surface area contributed by atoms with Gasteiger partial charge in [0.25, 0.3) is 0 Å². The highest BCUT2D eigenvalue weighted by Gasteiger charge is 2.13. The summed E-state index contributed by atoms with van der Waals surface area (Å²) in [5.74, 6) is 0. The van der Waals surface area contributed by atoms with Gasteiger partial charge in [0.05, 0.1) is 0 Å². The highest BCUT2D eigenvalue weighted by molar-refractivity contribution is 9.09. The zero-order chi connectivity index (χ0) is 18.5. The number of hydrogen-bond acceptors (Lipinski definition) is 2. The molecule has 4 heteroatoms. The third-order valence-electron chi connectivity index (χ3n) is 4.91. The molecule has 0 aliphatic heterocycles. The lowest BCUT2D eigenvalue weighted by Crippen LogP contribution is -2.21. The first-order valence-electron chi connectivity index (χ1n) is 9.15. The van der Waals surface area contributed by atoms with Crippen LogP contribution >= 0.6 is 31.9 Å². The Labute approximate surface area is 173 Å². The molecule has 3 aromatic carbocycles. The number of fused-ring (bicyclic) bond motifs is 2. The molecule has 2 nitrogen and oxygen atoms in total. The van der Waals surface area contributed by atoms with Crippen molar-refractivity contribution < 1.29 is 0 Å². The fraction of sp³-hybridized carbons (Fsp3) is 0.364. The van der Waals surface area contributed by atoms with Gasteiger partial charge in [0, 0.05) is 60.0 Å². The molecule has 0 spiro atoms. The van der Waals surface area contributed by atoms with Crippen molar-refractivity contribution >= 4 is 64.8 Å². The van der Waals surface area contributed by atoms with Crippen molar-refractivity contribution in [3.8, 4) is 0 Å². The largest absolute Gasteiger partial charge is 0.374 e. The normalized spacial score (nSPS) is 11.2. The van der Waals surface area contributed by atoms with E-state index in [1.807, 2.05) is 0 Å². The lowest BCUT2D eigenvalue weighted by Gasteiger charge is -2.26. The van der Waals surface area contributed by atoms with Crippen LogP contribution in [0.4, 0.5) is 11.4 Å². The van der Waals surface area contributed by atoms with Gasteiger partial charge in [-0.05, 0) is 47.9 Å². The van der Waals surface area contributed by atoms with Gasteiger partial charge in [-0.2, -0.15) is 0 Å². The second kappa shape index (κ2) is 9.09. The van der Waals surface area contributed by atoms with Gasteiger partial charge in [0.15, 0.2) is 0 Å². The molecule has 0 fully saturated rings.